The predicted molar refractivity (Wildman–Crippen MR) is 115 cm³/mol. The highest BCUT2D eigenvalue weighted by molar-refractivity contribution is 5.94. The van der Waals surface area contributed by atoms with E-state index in [9.17, 15) is 14.4 Å². The third-order valence-corrected chi connectivity index (χ3v) is 5.52. The number of benzene rings is 2. The molecule has 4 rings (SSSR count). The van der Waals surface area contributed by atoms with Crippen LogP contribution in [0.3, 0.4) is 0 Å². The number of hydrogen-bond donors (Lipinski definition) is 3. The van der Waals surface area contributed by atoms with E-state index in [1.807, 2.05) is 36.4 Å². The van der Waals surface area contributed by atoms with Gasteiger partial charge in [0.05, 0.1) is 12.6 Å². The average Bonchev–Trinajstić information content (AvgIpc) is 3.38. The first kappa shape index (κ1) is 21.4. The maximum atomic E-state index is 12.1. The fraction of sp³-hybridized carbons (Fsp3) is 0.292. The van der Waals surface area contributed by atoms with Crippen molar-refractivity contribution in [3.8, 4) is 23.0 Å². The standard InChI is InChI=1S/C24H22N2O6/c27-21(26-20-11-13-31-22(20)23(28)29)10-5-12-25-24(30)32-14-19-17-8-3-1-6-15(17)16-7-2-4-9-18(16)19/h1-4,6-9,19-20,22H,11-14H2,(H,25,30)(H,26,27)(H,28,29)/t20-,22+/m0/s1. The number of ether oxygens (including phenoxy) is 2. The van der Waals surface area contributed by atoms with Gasteiger partial charge in [0.2, 0.25) is 0 Å². The van der Waals surface area contributed by atoms with Crippen molar-refractivity contribution >= 4 is 18.0 Å². The lowest BCUT2D eigenvalue weighted by atomic mass is 9.98. The number of carboxylic acid groups (broad SMARTS) is 1. The average molecular weight is 434 g/mol. The van der Waals surface area contributed by atoms with E-state index < -0.39 is 30.1 Å². The molecule has 0 spiro atoms. The van der Waals surface area contributed by atoms with Crippen LogP contribution in [0.2, 0.25) is 0 Å². The summed E-state index contributed by atoms with van der Waals surface area (Å²) in [7, 11) is 0. The van der Waals surface area contributed by atoms with Crippen molar-refractivity contribution in [2.24, 2.45) is 0 Å². The van der Waals surface area contributed by atoms with Gasteiger partial charge in [-0.15, -0.1) is 0 Å². The lowest BCUT2D eigenvalue weighted by Crippen LogP contribution is -2.43. The number of amides is 2. The van der Waals surface area contributed by atoms with Crippen LogP contribution in [0.25, 0.3) is 11.1 Å². The Hall–Kier alpha value is -3.83. The third kappa shape index (κ3) is 4.58. The zero-order chi connectivity index (χ0) is 22.5. The summed E-state index contributed by atoms with van der Waals surface area (Å²) in [6, 6.07) is 15.5. The van der Waals surface area contributed by atoms with Gasteiger partial charge >= 0.3 is 12.1 Å². The van der Waals surface area contributed by atoms with Crippen LogP contribution in [0.5, 0.6) is 0 Å². The molecule has 1 fully saturated rings. The Morgan fingerprint density at radius 3 is 2.38 bits per heavy atom. The van der Waals surface area contributed by atoms with Crippen LogP contribution in [0.1, 0.15) is 23.5 Å². The normalized spacial score (nSPS) is 18.6. The van der Waals surface area contributed by atoms with Gasteiger partial charge in [-0.1, -0.05) is 54.5 Å². The number of carbonyl (C=O) groups is 3. The molecule has 2 aromatic carbocycles. The van der Waals surface area contributed by atoms with E-state index in [0.29, 0.717) is 6.42 Å². The van der Waals surface area contributed by atoms with Gasteiger partial charge in [0.25, 0.3) is 5.91 Å². The second-order valence-electron chi connectivity index (χ2n) is 7.48. The van der Waals surface area contributed by atoms with Crippen molar-refractivity contribution in [3.63, 3.8) is 0 Å². The number of carboxylic acids is 1. The molecule has 2 aromatic rings. The van der Waals surface area contributed by atoms with Gasteiger partial charge < -0.3 is 25.2 Å². The Bertz CT molecular complexity index is 1060. The maximum Gasteiger partial charge on any atom is 0.407 e. The summed E-state index contributed by atoms with van der Waals surface area (Å²) in [4.78, 5) is 35.0. The Morgan fingerprint density at radius 1 is 1.06 bits per heavy atom. The Balaban J connectivity index is 1.25. The second-order valence-corrected chi connectivity index (χ2v) is 7.48. The summed E-state index contributed by atoms with van der Waals surface area (Å²) in [6.07, 6.45) is -1.29. The second kappa shape index (κ2) is 9.54. The van der Waals surface area contributed by atoms with E-state index in [2.05, 4.69) is 34.6 Å². The summed E-state index contributed by atoms with van der Waals surface area (Å²) in [6.45, 7) is 0.373. The monoisotopic (exact) mass is 434 g/mol. The summed E-state index contributed by atoms with van der Waals surface area (Å²) < 4.78 is 10.5. The number of hydrogen-bond acceptors (Lipinski definition) is 5. The lowest BCUT2D eigenvalue weighted by Gasteiger charge is -2.14. The van der Waals surface area contributed by atoms with Crippen LogP contribution in [-0.2, 0) is 19.1 Å². The minimum atomic E-state index is -1.13. The molecule has 0 radical (unpaired) electrons. The molecule has 3 N–H and O–H groups in total. The number of carbonyl (C=O) groups excluding carboxylic acids is 2. The van der Waals surface area contributed by atoms with Crippen molar-refractivity contribution in [3.05, 3.63) is 59.7 Å². The Labute approximate surface area is 184 Å². The molecule has 1 aliphatic heterocycles. The molecule has 8 nitrogen and oxygen atoms in total. The fourth-order valence-corrected chi connectivity index (χ4v) is 4.08. The molecule has 0 bridgehead atoms. The molecule has 8 heteroatoms. The summed E-state index contributed by atoms with van der Waals surface area (Å²) in [5.41, 5.74) is 4.53. The van der Waals surface area contributed by atoms with Gasteiger partial charge in [-0.05, 0) is 34.6 Å². The van der Waals surface area contributed by atoms with Gasteiger partial charge in [-0.3, -0.25) is 4.79 Å². The highest BCUT2D eigenvalue weighted by Gasteiger charge is 2.35. The van der Waals surface area contributed by atoms with Crippen molar-refractivity contribution in [2.75, 3.05) is 19.8 Å². The van der Waals surface area contributed by atoms with Crippen molar-refractivity contribution in [1.29, 1.82) is 0 Å². The van der Waals surface area contributed by atoms with Gasteiger partial charge in [0.1, 0.15) is 6.61 Å². The van der Waals surface area contributed by atoms with E-state index >= 15 is 0 Å². The summed E-state index contributed by atoms with van der Waals surface area (Å²) >= 11 is 0. The number of alkyl carbamates (subject to hydrolysis) is 1. The molecule has 2 atom stereocenters. The Morgan fingerprint density at radius 2 is 1.72 bits per heavy atom. The fourth-order valence-electron chi connectivity index (χ4n) is 4.08. The van der Waals surface area contributed by atoms with E-state index in [-0.39, 0.29) is 25.7 Å². The molecule has 0 aromatic heterocycles. The van der Waals surface area contributed by atoms with Crippen LogP contribution in [0.15, 0.2) is 48.5 Å². The molecule has 1 heterocycles. The highest BCUT2D eigenvalue weighted by Crippen LogP contribution is 2.44. The zero-order valence-electron chi connectivity index (χ0n) is 17.2. The molecule has 164 valence electrons. The SMILES string of the molecule is O=C(C#CCNC(=O)OCC1c2ccccc2-c2ccccc21)N[C@H]1CCO[C@H]1C(=O)O. The molecule has 2 amide bonds. The predicted octanol–water partition coefficient (Wildman–Crippen LogP) is 1.89. The maximum absolute atomic E-state index is 12.1. The molecule has 0 unspecified atom stereocenters. The Kier molecular flexibility index (Phi) is 6.38. The number of aliphatic carboxylic acids is 1. The van der Waals surface area contributed by atoms with Crippen molar-refractivity contribution in [1.82, 2.24) is 10.6 Å². The number of rotatable bonds is 5. The summed E-state index contributed by atoms with van der Waals surface area (Å²) in [5.74, 6) is 3.07. The van der Waals surface area contributed by atoms with E-state index in [0.717, 1.165) is 22.3 Å². The molecule has 1 saturated heterocycles. The number of nitrogens with one attached hydrogen (secondary N) is 2. The van der Waals surface area contributed by atoms with Crippen LogP contribution >= 0.6 is 0 Å². The molecule has 32 heavy (non-hydrogen) atoms. The van der Waals surface area contributed by atoms with E-state index in [1.54, 1.807) is 0 Å². The quantitative estimate of drug-likeness (QED) is 0.620. The van der Waals surface area contributed by atoms with Gasteiger partial charge in [-0.2, -0.15) is 0 Å². The molecular formula is C24H22N2O6. The topological polar surface area (TPSA) is 114 Å². The van der Waals surface area contributed by atoms with Crippen LogP contribution in [0, 0.1) is 11.8 Å². The highest BCUT2D eigenvalue weighted by atomic mass is 16.5. The van der Waals surface area contributed by atoms with Crippen molar-refractivity contribution < 1.29 is 29.0 Å². The summed E-state index contributed by atoms with van der Waals surface area (Å²) in [5, 5.41) is 14.0. The van der Waals surface area contributed by atoms with Gasteiger partial charge in [-0.25, -0.2) is 9.59 Å². The smallest absolute Gasteiger partial charge is 0.407 e. The molecule has 2 aliphatic rings. The number of fused-ring (bicyclic) bond motifs is 3. The first-order valence-electron chi connectivity index (χ1n) is 10.3. The minimum absolute atomic E-state index is 0.0409. The van der Waals surface area contributed by atoms with Gasteiger partial charge in [0, 0.05) is 12.5 Å². The molecule has 0 saturated carbocycles. The molecule has 1 aliphatic carbocycles. The third-order valence-electron chi connectivity index (χ3n) is 5.52. The van der Waals surface area contributed by atoms with Crippen LogP contribution in [0.4, 0.5) is 4.79 Å². The first-order valence-corrected chi connectivity index (χ1v) is 10.3. The van der Waals surface area contributed by atoms with Gasteiger partial charge in [0.15, 0.2) is 6.10 Å². The van der Waals surface area contributed by atoms with Crippen LogP contribution in [-0.4, -0.2) is 55.0 Å². The lowest BCUT2D eigenvalue weighted by molar-refractivity contribution is -0.148. The largest absolute Gasteiger partial charge is 0.479 e. The van der Waals surface area contributed by atoms with Crippen molar-refractivity contribution in [2.45, 2.75) is 24.5 Å². The minimum Gasteiger partial charge on any atom is -0.479 e. The van der Waals surface area contributed by atoms with E-state index in [4.69, 9.17) is 14.6 Å². The van der Waals surface area contributed by atoms with E-state index in [1.165, 1.54) is 0 Å². The molecular weight excluding hydrogens is 412 g/mol. The van der Waals surface area contributed by atoms with Crippen LogP contribution < -0.4 is 10.6 Å². The first-order chi connectivity index (χ1) is 15.5. The zero-order valence-corrected chi connectivity index (χ0v) is 17.2.